The molecule has 0 aliphatic carbocycles. The number of hydrogen-bond donors (Lipinski definition) is 0. The second-order valence-corrected chi connectivity index (χ2v) is 5.70. The standard InChI is InChI=1S/C11H10.C8H6S.C2H6/c1-9-5-4-7-10-6-2-3-8-11(9)10;1-2-4-8-7(3-1)5-6-9-8;1-2/h2-8H,1H3;1-6H;1-2H3. The van der Waals surface area contributed by atoms with Crippen LogP contribution in [0, 0.1) is 6.92 Å². The van der Waals surface area contributed by atoms with Crippen molar-refractivity contribution in [2.75, 3.05) is 0 Å². The van der Waals surface area contributed by atoms with Gasteiger partial charge < -0.3 is 0 Å². The molecule has 0 saturated heterocycles. The SMILES string of the molecule is CC.Cc1cccc2ccccc12.c1ccc2sccc2c1. The van der Waals surface area contributed by atoms with Crippen LogP contribution in [0.2, 0.25) is 0 Å². The van der Waals surface area contributed by atoms with Gasteiger partial charge in [0, 0.05) is 4.70 Å². The van der Waals surface area contributed by atoms with Gasteiger partial charge in [0.15, 0.2) is 0 Å². The maximum atomic E-state index is 2.16. The molecular weight excluding hydrogens is 284 g/mol. The monoisotopic (exact) mass is 306 g/mol. The summed E-state index contributed by atoms with van der Waals surface area (Å²) in [5, 5.41) is 6.15. The molecule has 0 unspecified atom stereocenters. The van der Waals surface area contributed by atoms with E-state index in [-0.39, 0.29) is 0 Å². The van der Waals surface area contributed by atoms with E-state index in [9.17, 15) is 0 Å². The van der Waals surface area contributed by atoms with Crippen LogP contribution in [-0.4, -0.2) is 0 Å². The first-order chi connectivity index (χ1) is 10.8. The van der Waals surface area contributed by atoms with Gasteiger partial charge in [-0.2, -0.15) is 0 Å². The molecule has 3 aromatic carbocycles. The Morgan fingerprint density at radius 3 is 2.00 bits per heavy atom. The third kappa shape index (κ3) is 3.96. The average molecular weight is 306 g/mol. The van der Waals surface area contributed by atoms with Crippen molar-refractivity contribution in [3.63, 3.8) is 0 Å². The van der Waals surface area contributed by atoms with Crippen LogP contribution in [0.1, 0.15) is 19.4 Å². The molecule has 22 heavy (non-hydrogen) atoms. The van der Waals surface area contributed by atoms with Gasteiger partial charge in [-0.25, -0.2) is 0 Å². The number of benzene rings is 3. The van der Waals surface area contributed by atoms with Gasteiger partial charge in [-0.1, -0.05) is 74.5 Å². The highest BCUT2D eigenvalue weighted by molar-refractivity contribution is 7.17. The van der Waals surface area contributed by atoms with Gasteiger partial charge in [-0.05, 0) is 46.2 Å². The molecule has 0 bridgehead atoms. The van der Waals surface area contributed by atoms with Crippen LogP contribution in [0.4, 0.5) is 0 Å². The fourth-order valence-corrected chi connectivity index (χ4v) is 3.08. The second-order valence-electron chi connectivity index (χ2n) is 4.75. The lowest BCUT2D eigenvalue weighted by Gasteiger charge is -1.98. The molecule has 0 nitrogen and oxygen atoms in total. The van der Waals surface area contributed by atoms with E-state index in [4.69, 9.17) is 0 Å². The molecule has 0 N–H and O–H groups in total. The number of hydrogen-bond acceptors (Lipinski definition) is 1. The van der Waals surface area contributed by atoms with E-state index < -0.39 is 0 Å². The van der Waals surface area contributed by atoms with E-state index in [0.29, 0.717) is 0 Å². The van der Waals surface area contributed by atoms with Crippen LogP contribution in [0.5, 0.6) is 0 Å². The minimum atomic E-state index is 1.33. The van der Waals surface area contributed by atoms with E-state index in [1.807, 2.05) is 13.8 Å². The second kappa shape index (κ2) is 8.35. The molecule has 0 spiro atoms. The van der Waals surface area contributed by atoms with Gasteiger partial charge >= 0.3 is 0 Å². The average Bonchev–Trinajstić information content (AvgIpc) is 3.06. The van der Waals surface area contributed by atoms with Crippen molar-refractivity contribution in [3.8, 4) is 0 Å². The van der Waals surface area contributed by atoms with E-state index >= 15 is 0 Å². The molecule has 0 amide bonds. The van der Waals surface area contributed by atoms with Gasteiger partial charge in [0.25, 0.3) is 0 Å². The van der Waals surface area contributed by atoms with Crippen LogP contribution < -0.4 is 0 Å². The van der Waals surface area contributed by atoms with Crippen molar-refractivity contribution in [2.45, 2.75) is 20.8 Å². The van der Waals surface area contributed by atoms with Crippen molar-refractivity contribution in [1.29, 1.82) is 0 Å². The fraction of sp³-hybridized carbons (Fsp3) is 0.143. The fourth-order valence-electron chi connectivity index (χ4n) is 2.29. The molecule has 1 heterocycles. The zero-order chi connectivity index (χ0) is 15.8. The minimum Gasteiger partial charge on any atom is -0.144 e. The van der Waals surface area contributed by atoms with Gasteiger partial charge in [-0.3, -0.25) is 0 Å². The zero-order valence-corrected chi connectivity index (χ0v) is 14.2. The van der Waals surface area contributed by atoms with Crippen LogP contribution in [-0.2, 0) is 0 Å². The highest BCUT2D eigenvalue weighted by atomic mass is 32.1. The summed E-state index contributed by atoms with van der Waals surface area (Å²) in [4.78, 5) is 0. The first kappa shape index (κ1) is 16.3. The Morgan fingerprint density at radius 1 is 0.636 bits per heavy atom. The van der Waals surface area contributed by atoms with Crippen molar-refractivity contribution in [2.24, 2.45) is 0 Å². The lowest BCUT2D eigenvalue weighted by atomic mass is 10.1. The van der Waals surface area contributed by atoms with Gasteiger partial charge in [0.1, 0.15) is 0 Å². The maximum absolute atomic E-state index is 2.16. The van der Waals surface area contributed by atoms with Crippen LogP contribution in [0.25, 0.3) is 20.9 Å². The summed E-state index contributed by atoms with van der Waals surface area (Å²) in [5.41, 5.74) is 1.35. The Hall–Kier alpha value is -2.12. The largest absolute Gasteiger partial charge is 0.144 e. The Morgan fingerprint density at radius 2 is 1.27 bits per heavy atom. The molecule has 0 fully saturated rings. The highest BCUT2D eigenvalue weighted by Gasteiger charge is 1.92. The molecule has 0 aliphatic rings. The first-order valence-corrected chi connectivity index (χ1v) is 8.59. The highest BCUT2D eigenvalue weighted by Crippen LogP contribution is 2.19. The summed E-state index contributed by atoms with van der Waals surface area (Å²) in [5.74, 6) is 0. The number of fused-ring (bicyclic) bond motifs is 2. The lowest BCUT2D eigenvalue weighted by Crippen LogP contribution is -1.75. The molecule has 112 valence electrons. The molecule has 0 atom stereocenters. The van der Waals surface area contributed by atoms with Crippen molar-refractivity contribution >= 4 is 32.2 Å². The maximum Gasteiger partial charge on any atom is 0.0342 e. The molecule has 0 saturated carbocycles. The molecule has 0 radical (unpaired) electrons. The quantitative estimate of drug-likeness (QED) is 0.326. The lowest BCUT2D eigenvalue weighted by molar-refractivity contribution is 1.50. The number of thiophene rings is 1. The molecule has 4 aromatic rings. The van der Waals surface area contributed by atoms with Gasteiger partial charge in [0.05, 0.1) is 0 Å². The molecule has 4 rings (SSSR count). The summed E-state index contributed by atoms with van der Waals surface area (Å²) in [6.45, 7) is 6.14. The summed E-state index contributed by atoms with van der Waals surface area (Å²) in [6, 6.07) is 25.4. The molecule has 1 heteroatoms. The zero-order valence-electron chi connectivity index (χ0n) is 13.4. The van der Waals surface area contributed by atoms with Crippen LogP contribution in [0.3, 0.4) is 0 Å². The topological polar surface area (TPSA) is 0 Å². The van der Waals surface area contributed by atoms with Crippen molar-refractivity contribution < 1.29 is 0 Å². The predicted octanol–water partition coefficient (Wildman–Crippen LogP) is 7.08. The van der Waals surface area contributed by atoms with Crippen LogP contribution in [0.15, 0.2) is 78.2 Å². The van der Waals surface area contributed by atoms with Gasteiger partial charge in [-0.15, -0.1) is 11.3 Å². The minimum absolute atomic E-state index is 1.33. The van der Waals surface area contributed by atoms with E-state index in [2.05, 4.69) is 85.1 Å². The number of rotatable bonds is 0. The third-order valence-electron chi connectivity index (χ3n) is 3.37. The number of aryl methyl sites for hydroxylation is 1. The summed E-state index contributed by atoms with van der Waals surface area (Å²) < 4.78 is 1.37. The predicted molar refractivity (Wildman–Crippen MR) is 102 cm³/mol. The first-order valence-electron chi connectivity index (χ1n) is 7.71. The summed E-state index contributed by atoms with van der Waals surface area (Å²) in [7, 11) is 0. The molecule has 0 aliphatic heterocycles. The Labute approximate surface area is 137 Å². The van der Waals surface area contributed by atoms with Gasteiger partial charge in [0.2, 0.25) is 0 Å². The van der Waals surface area contributed by atoms with E-state index in [0.717, 1.165) is 0 Å². The van der Waals surface area contributed by atoms with Crippen molar-refractivity contribution in [3.05, 3.63) is 83.7 Å². The third-order valence-corrected chi connectivity index (χ3v) is 4.27. The van der Waals surface area contributed by atoms with Crippen molar-refractivity contribution in [1.82, 2.24) is 0 Å². The molecule has 1 aromatic heterocycles. The Balaban J connectivity index is 0.000000146. The Bertz CT molecular complexity index is 792. The summed E-state index contributed by atoms with van der Waals surface area (Å²) >= 11 is 1.79. The normalized spacial score (nSPS) is 9.59. The summed E-state index contributed by atoms with van der Waals surface area (Å²) in [6.07, 6.45) is 0. The molecular formula is C21H22S. The Kier molecular flexibility index (Phi) is 6.17. The smallest absolute Gasteiger partial charge is 0.0342 e. The van der Waals surface area contributed by atoms with Crippen LogP contribution >= 0.6 is 11.3 Å². The van der Waals surface area contributed by atoms with E-state index in [1.165, 1.54) is 26.4 Å². The van der Waals surface area contributed by atoms with E-state index in [1.54, 1.807) is 11.3 Å².